The molecule has 1 aromatic carbocycles. The number of benzene rings is 1. The minimum atomic E-state index is -1.63. The number of hydrogen-bond acceptors (Lipinski definition) is 5. The van der Waals surface area contributed by atoms with Gasteiger partial charge in [0.2, 0.25) is 0 Å². The van der Waals surface area contributed by atoms with E-state index in [4.69, 9.17) is 19.1 Å². The maximum Gasteiger partial charge on any atom is 0.358 e. The van der Waals surface area contributed by atoms with Crippen molar-refractivity contribution in [1.82, 2.24) is 5.16 Å². The average Bonchev–Trinajstić information content (AvgIpc) is 2.94. The maximum atomic E-state index is 14.3. The number of rotatable bonds is 5. The molecule has 22 heavy (non-hydrogen) atoms. The number of nitrogens with zero attached hydrogens (tertiary/aromatic N) is 1. The van der Waals surface area contributed by atoms with E-state index in [0.717, 1.165) is 0 Å². The number of aromatic carboxylic acids is 1. The largest absolute Gasteiger partial charge is 0.496 e. The second-order valence-corrected chi connectivity index (χ2v) is 5.11. The lowest BCUT2D eigenvalue weighted by Gasteiger charge is -2.20. The molecule has 0 aliphatic heterocycles. The predicted molar refractivity (Wildman–Crippen MR) is 76.1 cm³/mol. The fraction of sp³-hybridized carbons (Fsp3) is 0.333. The van der Waals surface area contributed by atoms with Crippen molar-refractivity contribution in [3.05, 3.63) is 29.5 Å². The Morgan fingerprint density at radius 2 is 1.86 bits per heavy atom. The molecule has 1 N–H and O–H groups in total. The Kier molecular flexibility index (Phi) is 4.07. The van der Waals surface area contributed by atoms with Gasteiger partial charge in [-0.15, -0.1) is 0 Å². The van der Waals surface area contributed by atoms with Crippen molar-refractivity contribution in [3.8, 4) is 22.8 Å². The summed E-state index contributed by atoms with van der Waals surface area (Å²) in [5, 5.41) is 12.3. The Labute approximate surface area is 126 Å². The van der Waals surface area contributed by atoms with Crippen LogP contribution < -0.4 is 9.47 Å². The molecule has 7 heteroatoms. The van der Waals surface area contributed by atoms with Gasteiger partial charge in [-0.05, 0) is 26.0 Å². The van der Waals surface area contributed by atoms with Gasteiger partial charge in [-0.2, -0.15) is 0 Å². The Hall–Kier alpha value is -2.57. The Bertz CT molecular complexity index is 702. The number of ether oxygens (including phenoxy) is 2. The summed E-state index contributed by atoms with van der Waals surface area (Å²) in [4.78, 5) is 10.9. The van der Waals surface area contributed by atoms with Crippen molar-refractivity contribution in [2.75, 3.05) is 14.2 Å². The summed E-state index contributed by atoms with van der Waals surface area (Å²) >= 11 is 0. The van der Waals surface area contributed by atoms with E-state index in [1.54, 1.807) is 0 Å². The van der Waals surface area contributed by atoms with Crippen LogP contribution >= 0.6 is 0 Å². The van der Waals surface area contributed by atoms with E-state index in [0.29, 0.717) is 22.6 Å². The highest BCUT2D eigenvalue weighted by atomic mass is 19.1. The number of alkyl halides is 1. The molecule has 2 rings (SSSR count). The van der Waals surface area contributed by atoms with E-state index in [1.165, 1.54) is 46.3 Å². The Morgan fingerprint density at radius 1 is 1.23 bits per heavy atom. The second-order valence-electron chi connectivity index (χ2n) is 5.11. The lowest BCUT2D eigenvalue weighted by atomic mass is 9.96. The van der Waals surface area contributed by atoms with Crippen molar-refractivity contribution in [2.24, 2.45) is 0 Å². The van der Waals surface area contributed by atoms with E-state index in [9.17, 15) is 9.18 Å². The number of carboxylic acid groups (broad SMARTS) is 1. The van der Waals surface area contributed by atoms with Gasteiger partial charge < -0.3 is 19.1 Å². The van der Waals surface area contributed by atoms with Gasteiger partial charge in [0.05, 0.1) is 19.8 Å². The summed E-state index contributed by atoms with van der Waals surface area (Å²) < 4.78 is 29.8. The molecular formula is C15H16FNO5. The first-order chi connectivity index (χ1) is 10.3. The van der Waals surface area contributed by atoms with Crippen molar-refractivity contribution in [3.63, 3.8) is 0 Å². The van der Waals surface area contributed by atoms with Crippen LogP contribution in [0.1, 0.15) is 29.9 Å². The summed E-state index contributed by atoms with van der Waals surface area (Å²) in [5.74, 6) is -0.385. The molecule has 118 valence electrons. The Morgan fingerprint density at radius 3 is 2.32 bits per heavy atom. The van der Waals surface area contributed by atoms with E-state index in [1.807, 2.05) is 0 Å². The molecule has 0 aliphatic rings. The zero-order chi connectivity index (χ0) is 16.5. The lowest BCUT2D eigenvalue weighted by molar-refractivity contribution is 0.0686. The zero-order valence-electron chi connectivity index (χ0n) is 12.6. The fourth-order valence-electron chi connectivity index (χ4n) is 2.06. The minimum Gasteiger partial charge on any atom is -0.496 e. The molecule has 0 saturated carbocycles. The fourth-order valence-corrected chi connectivity index (χ4v) is 2.06. The lowest BCUT2D eigenvalue weighted by Crippen LogP contribution is -2.11. The van der Waals surface area contributed by atoms with Crippen LogP contribution in [0.2, 0.25) is 0 Å². The molecule has 6 nitrogen and oxygen atoms in total. The van der Waals surface area contributed by atoms with Crippen LogP contribution in [0.5, 0.6) is 11.5 Å². The van der Waals surface area contributed by atoms with Gasteiger partial charge in [-0.3, -0.25) is 0 Å². The molecule has 1 heterocycles. The van der Waals surface area contributed by atoms with Crippen molar-refractivity contribution >= 4 is 5.97 Å². The number of hydrogen-bond donors (Lipinski definition) is 1. The quantitative estimate of drug-likeness (QED) is 0.913. The topological polar surface area (TPSA) is 81.8 Å². The second kappa shape index (κ2) is 5.67. The first-order valence-electron chi connectivity index (χ1n) is 6.43. The molecule has 0 amide bonds. The monoisotopic (exact) mass is 309 g/mol. The summed E-state index contributed by atoms with van der Waals surface area (Å²) in [5.41, 5.74) is -1.13. The highest BCUT2D eigenvalue weighted by molar-refractivity contribution is 5.87. The molecular weight excluding hydrogens is 293 g/mol. The number of methoxy groups -OCH3 is 2. The van der Waals surface area contributed by atoms with Gasteiger partial charge in [-0.1, -0.05) is 5.16 Å². The third-order valence-electron chi connectivity index (χ3n) is 3.16. The molecule has 0 unspecified atom stereocenters. The number of carboxylic acids is 1. The van der Waals surface area contributed by atoms with Gasteiger partial charge in [0.1, 0.15) is 17.2 Å². The normalized spacial score (nSPS) is 11.3. The predicted octanol–water partition coefficient (Wildman–Crippen LogP) is 3.26. The van der Waals surface area contributed by atoms with Crippen LogP contribution in [0, 0.1) is 0 Å². The van der Waals surface area contributed by atoms with Crippen molar-refractivity contribution in [1.29, 1.82) is 0 Å². The van der Waals surface area contributed by atoms with Gasteiger partial charge in [-0.25, -0.2) is 9.18 Å². The SMILES string of the molecule is COc1cc(C(C)(C)F)c(OC)cc1-c1cc(C(=O)O)no1. The Balaban J connectivity index is 2.62. The number of halogens is 1. The summed E-state index contributed by atoms with van der Waals surface area (Å²) in [6.07, 6.45) is 0. The minimum absolute atomic E-state index is 0.191. The van der Waals surface area contributed by atoms with Crippen LogP contribution in [0.15, 0.2) is 22.7 Å². The smallest absolute Gasteiger partial charge is 0.358 e. The third-order valence-corrected chi connectivity index (χ3v) is 3.16. The molecule has 0 aliphatic carbocycles. The van der Waals surface area contributed by atoms with Gasteiger partial charge in [0.25, 0.3) is 0 Å². The van der Waals surface area contributed by atoms with E-state index in [2.05, 4.69) is 5.16 Å². The standard InChI is InChI=1S/C15H16FNO5/c1-15(2,16)9-6-11(20-3)8(5-13(9)21-4)12-7-10(14(18)19)17-22-12/h5-7H,1-4H3,(H,18,19). The van der Waals surface area contributed by atoms with Gasteiger partial charge >= 0.3 is 5.97 Å². The molecule has 0 radical (unpaired) electrons. The summed E-state index contributed by atoms with van der Waals surface area (Å²) in [7, 11) is 2.85. The molecule has 0 saturated heterocycles. The van der Waals surface area contributed by atoms with Gasteiger partial charge in [0, 0.05) is 11.6 Å². The third kappa shape index (κ3) is 2.88. The first-order valence-corrected chi connectivity index (χ1v) is 6.43. The van der Waals surface area contributed by atoms with Crippen molar-refractivity contribution in [2.45, 2.75) is 19.5 Å². The van der Waals surface area contributed by atoms with Crippen LogP contribution in [0.4, 0.5) is 4.39 Å². The average molecular weight is 309 g/mol. The molecule has 0 atom stereocenters. The molecule has 0 spiro atoms. The van der Waals surface area contributed by atoms with Crippen LogP contribution in [0.25, 0.3) is 11.3 Å². The number of carbonyl (C=O) groups is 1. The summed E-state index contributed by atoms with van der Waals surface area (Å²) in [6.45, 7) is 2.81. The van der Waals surface area contributed by atoms with Crippen LogP contribution in [-0.4, -0.2) is 30.5 Å². The van der Waals surface area contributed by atoms with Gasteiger partial charge in [0.15, 0.2) is 11.5 Å². The first kappa shape index (κ1) is 15.8. The van der Waals surface area contributed by atoms with E-state index >= 15 is 0 Å². The van der Waals surface area contributed by atoms with Crippen LogP contribution in [-0.2, 0) is 5.67 Å². The molecule has 0 bridgehead atoms. The van der Waals surface area contributed by atoms with E-state index in [-0.39, 0.29) is 11.5 Å². The van der Waals surface area contributed by atoms with Crippen LogP contribution in [0.3, 0.4) is 0 Å². The number of aromatic nitrogens is 1. The maximum absolute atomic E-state index is 14.3. The highest BCUT2D eigenvalue weighted by Gasteiger charge is 2.27. The van der Waals surface area contributed by atoms with Crippen molar-refractivity contribution < 1.29 is 28.3 Å². The molecule has 0 fully saturated rings. The summed E-state index contributed by atoms with van der Waals surface area (Å²) in [6, 6.07) is 4.29. The molecule has 1 aromatic heterocycles. The highest BCUT2D eigenvalue weighted by Crippen LogP contribution is 2.41. The zero-order valence-corrected chi connectivity index (χ0v) is 12.6. The molecule has 2 aromatic rings. The van der Waals surface area contributed by atoms with E-state index < -0.39 is 11.6 Å².